The van der Waals surface area contributed by atoms with Crippen LogP contribution in [0.25, 0.3) is 0 Å². The summed E-state index contributed by atoms with van der Waals surface area (Å²) in [6, 6.07) is 3.30. The number of nitrogens with zero attached hydrogens (tertiary/aromatic N) is 1. The van der Waals surface area contributed by atoms with E-state index in [0.29, 0.717) is 0 Å². The summed E-state index contributed by atoms with van der Waals surface area (Å²) in [5.41, 5.74) is -1.26. The standard InChI is InChI=1S/C12H18ClFN2O3S/c1-12(17,8-16(2)3)7-15-20(18,19)11-5-4-9(13)6-10(11)14/h4-6,15,17H,7-8H2,1-3H3. The molecule has 0 saturated carbocycles. The summed E-state index contributed by atoms with van der Waals surface area (Å²) < 4.78 is 39.8. The number of benzene rings is 1. The molecule has 0 spiro atoms. The van der Waals surface area contributed by atoms with Gasteiger partial charge in [0, 0.05) is 18.1 Å². The first-order valence-corrected chi connectivity index (χ1v) is 7.71. The van der Waals surface area contributed by atoms with Crippen LogP contribution >= 0.6 is 11.6 Å². The van der Waals surface area contributed by atoms with E-state index in [1.165, 1.54) is 13.0 Å². The Morgan fingerprint density at radius 2 is 2.05 bits per heavy atom. The van der Waals surface area contributed by atoms with Crippen LogP contribution in [0.15, 0.2) is 23.1 Å². The summed E-state index contributed by atoms with van der Waals surface area (Å²) in [5.74, 6) is -0.933. The van der Waals surface area contributed by atoms with Crippen molar-refractivity contribution in [3.8, 4) is 0 Å². The van der Waals surface area contributed by atoms with E-state index in [9.17, 15) is 17.9 Å². The topological polar surface area (TPSA) is 69.6 Å². The highest BCUT2D eigenvalue weighted by atomic mass is 35.5. The number of rotatable bonds is 6. The predicted octanol–water partition coefficient (Wildman–Crippen LogP) is 1.07. The lowest BCUT2D eigenvalue weighted by Gasteiger charge is -2.27. The number of hydrogen-bond acceptors (Lipinski definition) is 4. The molecule has 0 bridgehead atoms. The molecule has 0 fully saturated rings. The summed E-state index contributed by atoms with van der Waals surface area (Å²) in [5, 5.41) is 10.1. The van der Waals surface area contributed by atoms with E-state index in [1.807, 2.05) is 0 Å². The van der Waals surface area contributed by atoms with Crippen LogP contribution < -0.4 is 4.72 Å². The molecular formula is C12H18ClFN2O3S. The zero-order valence-electron chi connectivity index (χ0n) is 11.5. The monoisotopic (exact) mass is 324 g/mol. The molecule has 1 aromatic rings. The second-order valence-electron chi connectivity index (χ2n) is 5.13. The molecule has 1 unspecified atom stereocenters. The van der Waals surface area contributed by atoms with E-state index in [0.717, 1.165) is 12.1 Å². The molecule has 0 aliphatic carbocycles. The Hall–Kier alpha value is -0.730. The molecular weight excluding hydrogens is 307 g/mol. The fourth-order valence-electron chi connectivity index (χ4n) is 1.76. The minimum atomic E-state index is -4.04. The lowest BCUT2D eigenvalue weighted by atomic mass is 10.1. The highest BCUT2D eigenvalue weighted by molar-refractivity contribution is 7.89. The van der Waals surface area contributed by atoms with Gasteiger partial charge in [-0.25, -0.2) is 17.5 Å². The zero-order chi connectivity index (χ0) is 15.6. The maximum atomic E-state index is 13.6. The second kappa shape index (κ2) is 6.36. The molecule has 114 valence electrons. The minimum Gasteiger partial charge on any atom is -0.387 e. The Morgan fingerprint density at radius 1 is 1.45 bits per heavy atom. The van der Waals surface area contributed by atoms with Crippen LogP contribution in [0.2, 0.25) is 5.02 Å². The van der Waals surface area contributed by atoms with Crippen molar-refractivity contribution in [3.05, 3.63) is 29.0 Å². The van der Waals surface area contributed by atoms with Crippen molar-refractivity contribution in [2.45, 2.75) is 17.4 Å². The first kappa shape index (κ1) is 17.3. The van der Waals surface area contributed by atoms with Crippen molar-refractivity contribution in [3.63, 3.8) is 0 Å². The zero-order valence-corrected chi connectivity index (χ0v) is 13.1. The smallest absolute Gasteiger partial charge is 0.243 e. The van der Waals surface area contributed by atoms with Gasteiger partial charge in [-0.05, 0) is 39.2 Å². The summed E-state index contributed by atoms with van der Waals surface area (Å²) in [6.07, 6.45) is 0. The summed E-state index contributed by atoms with van der Waals surface area (Å²) in [6.45, 7) is 1.53. The molecule has 1 aromatic carbocycles. The van der Waals surface area contributed by atoms with Crippen LogP contribution in [-0.2, 0) is 10.0 Å². The van der Waals surface area contributed by atoms with Crippen LogP contribution in [0.5, 0.6) is 0 Å². The van der Waals surface area contributed by atoms with Gasteiger partial charge in [0.05, 0.1) is 5.60 Å². The SMILES string of the molecule is CN(C)CC(C)(O)CNS(=O)(=O)c1ccc(Cl)cc1F. The van der Waals surface area contributed by atoms with Crippen LogP contribution in [0.4, 0.5) is 4.39 Å². The number of halogens is 2. The molecule has 1 atom stereocenters. The molecule has 1 rings (SSSR count). The highest BCUT2D eigenvalue weighted by Gasteiger charge is 2.26. The quantitative estimate of drug-likeness (QED) is 0.821. The molecule has 0 heterocycles. The van der Waals surface area contributed by atoms with Crippen molar-refractivity contribution < 1.29 is 17.9 Å². The molecule has 8 heteroatoms. The largest absolute Gasteiger partial charge is 0.387 e. The molecule has 0 aliphatic heterocycles. The van der Waals surface area contributed by atoms with E-state index in [-0.39, 0.29) is 18.1 Å². The summed E-state index contributed by atoms with van der Waals surface area (Å²) in [4.78, 5) is 1.22. The molecule has 0 saturated heterocycles. The van der Waals surface area contributed by atoms with Crippen LogP contribution in [0, 0.1) is 5.82 Å². The van der Waals surface area contributed by atoms with E-state index >= 15 is 0 Å². The van der Waals surface area contributed by atoms with Gasteiger partial charge in [-0.1, -0.05) is 11.6 Å². The van der Waals surface area contributed by atoms with Crippen molar-refractivity contribution in [1.29, 1.82) is 0 Å². The molecule has 0 amide bonds. The van der Waals surface area contributed by atoms with Gasteiger partial charge in [0.15, 0.2) is 0 Å². The molecule has 2 N–H and O–H groups in total. The third-order valence-corrected chi connectivity index (χ3v) is 4.15. The first-order chi connectivity index (χ1) is 9.03. The van der Waals surface area contributed by atoms with Crippen LogP contribution in [0.1, 0.15) is 6.92 Å². The van der Waals surface area contributed by atoms with Gasteiger partial charge in [0.1, 0.15) is 10.7 Å². The predicted molar refractivity (Wildman–Crippen MR) is 75.8 cm³/mol. The number of likely N-dealkylation sites (N-methyl/N-ethyl adjacent to an activating group) is 1. The van der Waals surface area contributed by atoms with E-state index in [4.69, 9.17) is 11.6 Å². The molecule has 0 aliphatic rings. The third-order valence-electron chi connectivity index (χ3n) is 2.48. The van der Waals surface area contributed by atoms with Crippen molar-refractivity contribution in [2.75, 3.05) is 27.2 Å². The number of hydrogen-bond donors (Lipinski definition) is 2. The van der Waals surface area contributed by atoms with Gasteiger partial charge in [-0.15, -0.1) is 0 Å². The van der Waals surface area contributed by atoms with Gasteiger partial charge in [-0.2, -0.15) is 0 Å². The van der Waals surface area contributed by atoms with Gasteiger partial charge in [-0.3, -0.25) is 0 Å². The molecule has 0 aromatic heterocycles. The van der Waals surface area contributed by atoms with Crippen LogP contribution in [-0.4, -0.2) is 51.2 Å². The fourth-order valence-corrected chi connectivity index (χ4v) is 3.14. The lowest BCUT2D eigenvalue weighted by molar-refractivity contribution is 0.0386. The van der Waals surface area contributed by atoms with Gasteiger partial charge in [0.2, 0.25) is 10.0 Å². The lowest BCUT2D eigenvalue weighted by Crippen LogP contribution is -2.47. The minimum absolute atomic E-state index is 0.112. The summed E-state index contributed by atoms with van der Waals surface area (Å²) >= 11 is 5.57. The average molecular weight is 325 g/mol. The molecule has 0 radical (unpaired) electrons. The van der Waals surface area contributed by atoms with Gasteiger partial charge >= 0.3 is 0 Å². The Labute approximate surface area is 123 Å². The highest BCUT2D eigenvalue weighted by Crippen LogP contribution is 2.19. The number of sulfonamides is 1. The first-order valence-electron chi connectivity index (χ1n) is 5.85. The van der Waals surface area contributed by atoms with Crippen molar-refractivity contribution in [1.82, 2.24) is 9.62 Å². The van der Waals surface area contributed by atoms with E-state index in [1.54, 1.807) is 19.0 Å². The Morgan fingerprint density at radius 3 is 2.55 bits per heavy atom. The molecule has 20 heavy (non-hydrogen) atoms. The van der Waals surface area contributed by atoms with Crippen molar-refractivity contribution >= 4 is 21.6 Å². The van der Waals surface area contributed by atoms with Gasteiger partial charge < -0.3 is 10.0 Å². The van der Waals surface area contributed by atoms with E-state index < -0.39 is 26.3 Å². The summed E-state index contributed by atoms with van der Waals surface area (Å²) in [7, 11) is -0.535. The maximum Gasteiger partial charge on any atom is 0.243 e. The normalized spacial score (nSPS) is 15.3. The number of aliphatic hydroxyl groups is 1. The Kier molecular flexibility index (Phi) is 5.51. The Bertz CT molecular complexity index is 576. The molecule has 5 nitrogen and oxygen atoms in total. The van der Waals surface area contributed by atoms with Crippen molar-refractivity contribution in [2.24, 2.45) is 0 Å². The number of nitrogens with one attached hydrogen (secondary N) is 1. The van der Waals surface area contributed by atoms with E-state index in [2.05, 4.69) is 4.72 Å². The third kappa shape index (κ3) is 4.99. The van der Waals surface area contributed by atoms with Crippen LogP contribution in [0.3, 0.4) is 0 Å². The Balaban J connectivity index is 2.85. The average Bonchev–Trinajstić information content (AvgIpc) is 2.24. The maximum absolute atomic E-state index is 13.6. The second-order valence-corrected chi connectivity index (χ2v) is 7.31. The fraction of sp³-hybridized carbons (Fsp3) is 0.500. The van der Waals surface area contributed by atoms with Gasteiger partial charge in [0.25, 0.3) is 0 Å².